The Kier molecular flexibility index (Phi) is 9.65. The zero-order chi connectivity index (χ0) is 13.1. The lowest BCUT2D eigenvalue weighted by atomic mass is 10.00. The number of likely N-dealkylation sites (tertiary alicyclic amines) is 1. The van der Waals surface area contributed by atoms with Gasteiger partial charge in [0.2, 0.25) is 0 Å². The molecule has 18 heavy (non-hydrogen) atoms. The molecule has 0 aliphatic carbocycles. The van der Waals surface area contributed by atoms with Crippen molar-refractivity contribution in [2.45, 2.75) is 96.9 Å². The topological polar surface area (TPSA) is 3.24 Å². The number of rotatable bonds is 9. The van der Waals surface area contributed by atoms with Crippen LogP contribution in [0.25, 0.3) is 0 Å². The average Bonchev–Trinajstić information content (AvgIpc) is 2.66. The Morgan fingerprint density at radius 3 is 1.67 bits per heavy atom. The molecule has 0 radical (unpaired) electrons. The molecule has 0 saturated carbocycles. The molecule has 1 saturated heterocycles. The monoisotopic (exact) mass is 253 g/mol. The van der Waals surface area contributed by atoms with Gasteiger partial charge >= 0.3 is 0 Å². The van der Waals surface area contributed by atoms with Crippen LogP contribution in [0.1, 0.15) is 90.9 Å². The summed E-state index contributed by atoms with van der Waals surface area (Å²) in [6.07, 6.45) is 17.2. The van der Waals surface area contributed by atoms with Crippen LogP contribution in [0.15, 0.2) is 0 Å². The molecule has 1 rings (SSSR count). The molecule has 0 N–H and O–H groups in total. The third-order valence-electron chi connectivity index (χ3n) is 4.44. The quantitative estimate of drug-likeness (QED) is 0.498. The van der Waals surface area contributed by atoms with Crippen LogP contribution in [0.4, 0.5) is 0 Å². The lowest BCUT2D eigenvalue weighted by Gasteiger charge is -2.31. The maximum atomic E-state index is 2.83. The largest absolute Gasteiger partial charge is 0.300 e. The minimum atomic E-state index is 0.904. The Bertz CT molecular complexity index is 160. The maximum Gasteiger partial charge on any atom is 0.00952 e. The summed E-state index contributed by atoms with van der Waals surface area (Å²) in [6, 6.07) is 0.904. The highest BCUT2D eigenvalue weighted by Gasteiger charge is 2.18. The molecule has 1 fully saturated rings. The van der Waals surface area contributed by atoms with Gasteiger partial charge in [-0.15, -0.1) is 0 Å². The van der Waals surface area contributed by atoms with Gasteiger partial charge in [-0.05, 0) is 38.8 Å². The third kappa shape index (κ3) is 6.78. The van der Waals surface area contributed by atoms with E-state index in [9.17, 15) is 0 Å². The van der Waals surface area contributed by atoms with Crippen LogP contribution in [0.2, 0.25) is 0 Å². The van der Waals surface area contributed by atoms with Crippen molar-refractivity contribution in [3.63, 3.8) is 0 Å². The fourth-order valence-electron chi connectivity index (χ4n) is 3.23. The van der Waals surface area contributed by atoms with Crippen LogP contribution in [-0.2, 0) is 0 Å². The van der Waals surface area contributed by atoms with Crippen molar-refractivity contribution in [3.8, 4) is 0 Å². The van der Waals surface area contributed by atoms with Crippen LogP contribution in [0.3, 0.4) is 0 Å². The molecular formula is C17H35N. The predicted molar refractivity (Wildman–Crippen MR) is 82.1 cm³/mol. The molecule has 0 bridgehead atoms. The minimum Gasteiger partial charge on any atom is -0.300 e. The van der Waals surface area contributed by atoms with Gasteiger partial charge in [-0.3, -0.25) is 0 Å². The van der Waals surface area contributed by atoms with Crippen LogP contribution in [0.5, 0.6) is 0 Å². The van der Waals surface area contributed by atoms with Crippen LogP contribution in [-0.4, -0.2) is 24.0 Å². The van der Waals surface area contributed by atoms with Gasteiger partial charge in [-0.2, -0.15) is 0 Å². The van der Waals surface area contributed by atoms with E-state index in [-0.39, 0.29) is 0 Å². The molecule has 0 spiro atoms. The fourth-order valence-corrected chi connectivity index (χ4v) is 3.23. The van der Waals surface area contributed by atoms with Gasteiger partial charge in [0, 0.05) is 6.04 Å². The summed E-state index contributed by atoms with van der Waals surface area (Å²) in [7, 11) is 0. The Hall–Kier alpha value is -0.0400. The lowest BCUT2D eigenvalue weighted by molar-refractivity contribution is 0.177. The van der Waals surface area contributed by atoms with Gasteiger partial charge in [-0.25, -0.2) is 0 Å². The first-order chi connectivity index (χ1) is 8.88. The van der Waals surface area contributed by atoms with E-state index in [1.54, 1.807) is 0 Å². The maximum absolute atomic E-state index is 2.83. The first-order valence-corrected chi connectivity index (χ1v) is 8.62. The van der Waals surface area contributed by atoms with Gasteiger partial charge in [0.15, 0.2) is 0 Å². The second kappa shape index (κ2) is 10.8. The Morgan fingerprint density at radius 1 is 0.722 bits per heavy atom. The van der Waals surface area contributed by atoms with E-state index < -0.39 is 0 Å². The number of unbranched alkanes of at least 4 members (excludes halogenated alkanes) is 4. The summed E-state index contributed by atoms with van der Waals surface area (Å²) in [5.41, 5.74) is 0. The normalized spacial score (nSPS) is 18.2. The Morgan fingerprint density at radius 2 is 1.22 bits per heavy atom. The second-order valence-electron chi connectivity index (χ2n) is 6.10. The van der Waals surface area contributed by atoms with Crippen LogP contribution >= 0.6 is 0 Å². The molecule has 0 unspecified atom stereocenters. The predicted octanol–water partition coefficient (Wildman–Crippen LogP) is 5.39. The second-order valence-corrected chi connectivity index (χ2v) is 6.10. The number of nitrogens with zero attached hydrogens (tertiary/aromatic N) is 1. The van der Waals surface area contributed by atoms with Gasteiger partial charge in [0.1, 0.15) is 0 Å². The zero-order valence-electron chi connectivity index (χ0n) is 12.9. The van der Waals surface area contributed by atoms with E-state index in [0.717, 1.165) is 6.04 Å². The summed E-state index contributed by atoms with van der Waals surface area (Å²) in [5, 5.41) is 0. The first kappa shape index (κ1) is 16.0. The lowest BCUT2D eigenvalue weighted by Crippen LogP contribution is -2.36. The molecule has 1 nitrogen and oxygen atoms in total. The smallest absolute Gasteiger partial charge is 0.00952 e. The summed E-state index contributed by atoms with van der Waals surface area (Å²) >= 11 is 0. The molecular weight excluding hydrogens is 218 g/mol. The molecule has 0 aromatic heterocycles. The summed E-state index contributed by atoms with van der Waals surface area (Å²) in [4.78, 5) is 2.83. The zero-order valence-corrected chi connectivity index (χ0v) is 12.9. The van der Waals surface area contributed by atoms with Gasteiger partial charge < -0.3 is 4.90 Å². The number of hydrogen-bond acceptors (Lipinski definition) is 1. The van der Waals surface area contributed by atoms with Crippen molar-refractivity contribution in [1.29, 1.82) is 0 Å². The van der Waals surface area contributed by atoms with Crippen molar-refractivity contribution in [2.75, 3.05) is 13.1 Å². The highest BCUT2D eigenvalue weighted by molar-refractivity contribution is 4.74. The highest BCUT2D eigenvalue weighted by atomic mass is 15.1. The Balaban J connectivity index is 2.34. The number of hydrogen-bond donors (Lipinski definition) is 0. The van der Waals surface area contributed by atoms with E-state index in [1.807, 2.05) is 0 Å². The Labute approximate surface area is 115 Å². The SMILES string of the molecule is CCCCCC(CCCCC)N1CCCCCC1. The van der Waals surface area contributed by atoms with E-state index >= 15 is 0 Å². The molecule has 0 aromatic rings. The van der Waals surface area contributed by atoms with Crippen molar-refractivity contribution in [3.05, 3.63) is 0 Å². The molecule has 1 heteroatoms. The van der Waals surface area contributed by atoms with Crippen LogP contribution < -0.4 is 0 Å². The molecule has 0 atom stereocenters. The molecule has 0 aromatic carbocycles. The van der Waals surface area contributed by atoms with Crippen molar-refractivity contribution < 1.29 is 0 Å². The summed E-state index contributed by atoms with van der Waals surface area (Å²) in [6.45, 7) is 7.39. The average molecular weight is 253 g/mol. The van der Waals surface area contributed by atoms with Crippen molar-refractivity contribution in [2.24, 2.45) is 0 Å². The fraction of sp³-hybridized carbons (Fsp3) is 1.00. The molecule has 0 amide bonds. The van der Waals surface area contributed by atoms with Crippen LogP contribution in [0, 0.1) is 0 Å². The molecule has 1 aliphatic heterocycles. The van der Waals surface area contributed by atoms with E-state index in [1.165, 1.54) is 90.1 Å². The third-order valence-corrected chi connectivity index (χ3v) is 4.44. The summed E-state index contributed by atoms with van der Waals surface area (Å²) in [5.74, 6) is 0. The van der Waals surface area contributed by atoms with Crippen molar-refractivity contribution >= 4 is 0 Å². The van der Waals surface area contributed by atoms with Gasteiger partial charge in [0.05, 0.1) is 0 Å². The molecule has 1 aliphatic rings. The van der Waals surface area contributed by atoms with Crippen molar-refractivity contribution in [1.82, 2.24) is 4.90 Å². The van der Waals surface area contributed by atoms with E-state index in [4.69, 9.17) is 0 Å². The van der Waals surface area contributed by atoms with E-state index in [2.05, 4.69) is 18.7 Å². The highest BCUT2D eigenvalue weighted by Crippen LogP contribution is 2.20. The minimum absolute atomic E-state index is 0.904. The molecule has 108 valence electrons. The van der Waals surface area contributed by atoms with E-state index in [0.29, 0.717) is 0 Å². The van der Waals surface area contributed by atoms with Gasteiger partial charge in [0.25, 0.3) is 0 Å². The first-order valence-electron chi connectivity index (χ1n) is 8.62. The van der Waals surface area contributed by atoms with Gasteiger partial charge in [-0.1, -0.05) is 65.2 Å². The molecule has 1 heterocycles. The standard InChI is InChI=1S/C17H35N/c1-3-5-9-13-17(14-10-6-4-2)18-15-11-7-8-12-16-18/h17H,3-16H2,1-2H3. The summed E-state index contributed by atoms with van der Waals surface area (Å²) < 4.78 is 0.